The molecule has 0 bridgehead atoms. The van der Waals surface area contributed by atoms with E-state index in [4.69, 9.17) is 13.6 Å². The molecule has 7 nitrogen and oxygen atoms in total. The van der Waals surface area contributed by atoms with Gasteiger partial charge in [-0.05, 0) is 43.3 Å². The standard InChI is InChI=1S/C25H19NO6/c1-14-11-12-17(31-14)21-20(23(28)25(29)26(21)16-8-4-3-5-9-16)22(27)19-13-15-7-6-10-18(30-2)24(15)32-19/h3-13,21,28H,1-2H3. The van der Waals surface area contributed by atoms with Crippen LogP contribution in [0.25, 0.3) is 11.0 Å². The van der Waals surface area contributed by atoms with Crippen LogP contribution in [0.1, 0.15) is 28.1 Å². The molecule has 7 heteroatoms. The minimum absolute atomic E-state index is 0.0120. The number of ether oxygens (including phenoxy) is 1. The quantitative estimate of drug-likeness (QED) is 0.442. The number of carbonyl (C=O) groups is 2. The number of aryl methyl sites for hydroxylation is 1. The number of benzene rings is 2. The molecule has 0 saturated carbocycles. The molecule has 3 heterocycles. The van der Waals surface area contributed by atoms with Gasteiger partial charge in [-0.1, -0.05) is 30.3 Å². The highest BCUT2D eigenvalue weighted by atomic mass is 16.5. The third-order valence-electron chi connectivity index (χ3n) is 5.47. The van der Waals surface area contributed by atoms with Crippen LogP contribution in [0.4, 0.5) is 5.69 Å². The van der Waals surface area contributed by atoms with Gasteiger partial charge in [-0.2, -0.15) is 0 Å². The second-order valence-corrected chi connectivity index (χ2v) is 7.44. The van der Waals surface area contributed by atoms with E-state index in [1.165, 1.54) is 12.0 Å². The minimum atomic E-state index is -0.943. The van der Waals surface area contributed by atoms with Crippen molar-refractivity contribution in [3.63, 3.8) is 0 Å². The molecule has 32 heavy (non-hydrogen) atoms. The third kappa shape index (κ3) is 2.98. The molecule has 160 valence electrons. The molecule has 0 spiro atoms. The Kier molecular flexibility index (Phi) is 4.59. The number of carbonyl (C=O) groups excluding carboxylic acids is 2. The number of ketones is 1. The number of Topliss-reactive ketones (excluding diaryl/α,β-unsaturated/α-hetero) is 1. The molecule has 0 radical (unpaired) electrons. The molecule has 0 saturated heterocycles. The van der Waals surface area contributed by atoms with Gasteiger partial charge in [-0.25, -0.2) is 0 Å². The number of para-hydroxylation sites is 2. The van der Waals surface area contributed by atoms with Gasteiger partial charge in [0.25, 0.3) is 5.91 Å². The first-order valence-corrected chi connectivity index (χ1v) is 9.99. The van der Waals surface area contributed by atoms with Crippen LogP contribution >= 0.6 is 0 Å². The van der Waals surface area contributed by atoms with Crippen molar-refractivity contribution in [3.8, 4) is 5.75 Å². The molecule has 1 atom stereocenters. The normalized spacial score (nSPS) is 16.2. The van der Waals surface area contributed by atoms with E-state index in [0.29, 0.717) is 33.9 Å². The van der Waals surface area contributed by atoms with E-state index in [9.17, 15) is 14.7 Å². The molecule has 2 aromatic heterocycles. The monoisotopic (exact) mass is 429 g/mol. The molecule has 0 fully saturated rings. The van der Waals surface area contributed by atoms with Crippen molar-refractivity contribution in [2.24, 2.45) is 0 Å². The van der Waals surface area contributed by atoms with E-state index in [0.717, 1.165) is 0 Å². The number of rotatable bonds is 5. The van der Waals surface area contributed by atoms with Crippen molar-refractivity contribution in [1.82, 2.24) is 0 Å². The van der Waals surface area contributed by atoms with Crippen LogP contribution in [0, 0.1) is 6.92 Å². The number of amides is 1. The summed E-state index contributed by atoms with van der Waals surface area (Å²) in [4.78, 5) is 28.0. The fraction of sp³-hybridized carbons (Fsp3) is 0.120. The Morgan fingerprint density at radius 2 is 1.81 bits per heavy atom. The molecular formula is C25H19NO6. The highest BCUT2D eigenvalue weighted by molar-refractivity contribution is 6.20. The molecule has 5 rings (SSSR count). The van der Waals surface area contributed by atoms with Crippen LogP contribution in [0.15, 0.2) is 86.9 Å². The Morgan fingerprint density at radius 3 is 2.50 bits per heavy atom. The number of hydrogen-bond donors (Lipinski definition) is 1. The molecule has 0 aliphatic carbocycles. The van der Waals surface area contributed by atoms with Crippen LogP contribution in [0.2, 0.25) is 0 Å². The zero-order chi connectivity index (χ0) is 22.4. The summed E-state index contributed by atoms with van der Waals surface area (Å²) in [6, 6.07) is 18.2. The average Bonchev–Trinajstić information content (AvgIpc) is 3.50. The second-order valence-electron chi connectivity index (χ2n) is 7.44. The van der Waals surface area contributed by atoms with Crippen LogP contribution in [0.3, 0.4) is 0 Å². The summed E-state index contributed by atoms with van der Waals surface area (Å²) in [5.74, 6) is -0.481. The first-order valence-electron chi connectivity index (χ1n) is 9.99. The molecular weight excluding hydrogens is 410 g/mol. The van der Waals surface area contributed by atoms with Crippen molar-refractivity contribution in [1.29, 1.82) is 0 Å². The summed E-state index contributed by atoms with van der Waals surface area (Å²) in [7, 11) is 1.51. The molecule has 1 aliphatic heterocycles. The number of anilines is 1. The molecule has 1 amide bonds. The van der Waals surface area contributed by atoms with Crippen LogP contribution in [0.5, 0.6) is 5.75 Å². The minimum Gasteiger partial charge on any atom is -0.503 e. The van der Waals surface area contributed by atoms with Crippen LogP contribution in [-0.2, 0) is 4.79 Å². The zero-order valence-corrected chi connectivity index (χ0v) is 17.4. The molecule has 1 unspecified atom stereocenters. The lowest BCUT2D eigenvalue weighted by atomic mass is 9.99. The van der Waals surface area contributed by atoms with E-state index in [-0.39, 0.29) is 11.3 Å². The lowest BCUT2D eigenvalue weighted by Gasteiger charge is -2.24. The SMILES string of the molecule is COc1cccc2cc(C(=O)C3=C(O)C(=O)N(c4ccccc4)C3c3ccc(C)o3)oc12. The number of nitrogens with zero attached hydrogens (tertiary/aromatic N) is 1. The van der Waals surface area contributed by atoms with Gasteiger partial charge in [0.2, 0.25) is 5.78 Å². The largest absolute Gasteiger partial charge is 0.503 e. The summed E-state index contributed by atoms with van der Waals surface area (Å²) >= 11 is 0. The second kappa shape index (κ2) is 7.46. The zero-order valence-electron chi connectivity index (χ0n) is 17.4. The first kappa shape index (κ1) is 19.7. The topological polar surface area (TPSA) is 93.1 Å². The van der Waals surface area contributed by atoms with E-state index >= 15 is 0 Å². The van der Waals surface area contributed by atoms with Gasteiger partial charge in [-0.3, -0.25) is 14.5 Å². The maximum atomic E-state index is 13.6. The summed E-state index contributed by atoms with van der Waals surface area (Å²) in [5, 5.41) is 11.5. The van der Waals surface area contributed by atoms with E-state index < -0.39 is 23.5 Å². The maximum absolute atomic E-state index is 13.6. The number of methoxy groups -OCH3 is 1. The Morgan fingerprint density at radius 1 is 1.03 bits per heavy atom. The lowest BCUT2D eigenvalue weighted by Crippen LogP contribution is -2.30. The van der Waals surface area contributed by atoms with Gasteiger partial charge < -0.3 is 18.7 Å². The van der Waals surface area contributed by atoms with Crippen molar-refractivity contribution in [3.05, 3.63) is 95.3 Å². The van der Waals surface area contributed by atoms with Crippen molar-refractivity contribution >= 4 is 28.3 Å². The number of aliphatic hydroxyl groups is 1. The van der Waals surface area contributed by atoms with Crippen LogP contribution in [-0.4, -0.2) is 23.9 Å². The Bertz CT molecular complexity index is 1380. The fourth-order valence-corrected chi connectivity index (χ4v) is 4.00. The van der Waals surface area contributed by atoms with E-state index in [2.05, 4.69) is 0 Å². The maximum Gasteiger partial charge on any atom is 0.294 e. The van der Waals surface area contributed by atoms with Crippen molar-refractivity contribution in [2.45, 2.75) is 13.0 Å². The Hall–Kier alpha value is -4.26. The van der Waals surface area contributed by atoms with Crippen molar-refractivity contribution in [2.75, 3.05) is 12.0 Å². The number of furan rings is 2. The Labute approximate surface area is 183 Å². The van der Waals surface area contributed by atoms with Gasteiger partial charge in [0.1, 0.15) is 17.6 Å². The highest BCUT2D eigenvalue weighted by Gasteiger charge is 2.46. The van der Waals surface area contributed by atoms with Gasteiger partial charge >= 0.3 is 0 Å². The van der Waals surface area contributed by atoms with Crippen molar-refractivity contribution < 1.29 is 28.3 Å². The molecule has 4 aromatic rings. The number of hydrogen-bond acceptors (Lipinski definition) is 6. The lowest BCUT2D eigenvalue weighted by molar-refractivity contribution is -0.117. The van der Waals surface area contributed by atoms with E-state index in [1.54, 1.807) is 67.6 Å². The molecule has 1 aliphatic rings. The van der Waals surface area contributed by atoms with E-state index in [1.807, 2.05) is 6.07 Å². The predicted octanol–water partition coefficient (Wildman–Crippen LogP) is 5.13. The summed E-state index contributed by atoms with van der Waals surface area (Å²) in [6.45, 7) is 1.77. The highest BCUT2D eigenvalue weighted by Crippen LogP contribution is 2.43. The van der Waals surface area contributed by atoms with Gasteiger partial charge in [0, 0.05) is 11.1 Å². The average molecular weight is 429 g/mol. The predicted molar refractivity (Wildman–Crippen MR) is 117 cm³/mol. The van der Waals surface area contributed by atoms with Gasteiger partial charge in [-0.15, -0.1) is 0 Å². The molecule has 1 N–H and O–H groups in total. The van der Waals surface area contributed by atoms with Gasteiger partial charge in [0.15, 0.2) is 22.9 Å². The van der Waals surface area contributed by atoms with Gasteiger partial charge in [0.05, 0.1) is 12.7 Å². The fourth-order valence-electron chi connectivity index (χ4n) is 4.00. The third-order valence-corrected chi connectivity index (χ3v) is 5.47. The summed E-state index contributed by atoms with van der Waals surface area (Å²) < 4.78 is 16.9. The van der Waals surface area contributed by atoms with Crippen LogP contribution < -0.4 is 9.64 Å². The smallest absolute Gasteiger partial charge is 0.294 e. The summed E-state index contributed by atoms with van der Waals surface area (Å²) in [6.07, 6.45) is 0. The molecule has 2 aromatic carbocycles. The Balaban J connectivity index is 1.65. The number of aliphatic hydroxyl groups excluding tert-OH is 1. The number of fused-ring (bicyclic) bond motifs is 1. The summed E-state index contributed by atoms with van der Waals surface area (Å²) in [5.41, 5.74) is 0.830. The first-order chi connectivity index (χ1) is 15.5.